The zero-order valence-electron chi connectivity index (χ0n) is 17.0. The summed E-state index contributed by atoms with van der Waals surface area (Å²) >= 11 is 1.31. The van der Waals surface area contributed by atoms with Crippen LogP contribution in [0.2, 0.25) is 6.04 Å². The fourth-order valence-corrected chi connectivity index (χ4v) is 6.32. The molecule has 0 radical (unpaired) electrons. The lowest BCUT2D eigenvalue weighted by atomic mass is 10.2. The molecule has 0 N–H and O–H groups in total. The van der Waals surface area contributed by atoms with Crippen molar-refractivity contribution in [3.8, 4) is 0 Å². The molecule has 160 valence electrons. The molecule has 0 saturated carbocycles. The lowest BCUT2D eigenvalue weighted by molar-refractivity contribution is 0.122. The summed E-state index contributed by atoms with van der Waals surface area (Å²) in [6.45, 7) is 4.46. The molecule has 28 heavy (non-hydrogen) atoms. The maximum Gasteiger partial charge on any atom is 0.500 e. The third-order valence-corrected chi connectivity index (χ3v) is 9.77. The summed E-state index contributed by atoms with van der Waals surface area (Å²) in [4.78, 5) is 0.270. The Kier molecular flexibility index (Phi) is 11.5. The van der Waals surface area contributed by atoms with Crippen LogP contribution in [0.1, 0.15) is 18.4 Å². The minimum Gasteiger partial charge on any atom is -0.377 e. The summed E-state index contributed by atoms with van der Waals surface area (Å²) in [5.74, 6) is 0.713. The van der Waals surface area contributed by atoms with Gasteiger partial charge in [0.2, 0.25) is 10.0 Å². The highest BCUT2D eigenvalue weighted by molar-refractivity contribution is 7.94. The second kappa shape index (κ2) is 12.8. The Bertz CT molecular complexity index is 672. The largest absolute Gasteiger partial charge is 0.500 e. The zero-order valence-corrected chi connectivity index (χ0v) is 19.7. The number of sulfonamides is 1. The molecule has 1 aromatic rings. The van der Waals surface area contributed by atoms with E-state index in [4.69, 9.17) is 17.5 Å². The first kappa shape index (κ1) is 25.3. The molecule has 0 aromatic heterocycles. The van der Waals surface area contributed by atoms with Crippen LogP contribution in [0.4, 0.5) is 0 Å². The zero-order chi connectivity index (χ0) is 21.0. The van der Waals surface area contributed by atoms with E-state index in [9.17, 15) is 8.42 Å². The lowest BCUT2D eigenvalue weighted by Gasteiger charge is -2.26. The maximum absolute atomic E-state index is 13.1. The molecule has 0 aliphatic rings. The summed E-state index contributed by atoms with van der Waals surface area (Å²) in [5.41, 5.74) is 0.873. The molecular formula is C18H31NO6S2Si. The molecule has 1 rings (SSSR count). The van der Waals surface area contributed by atoms with Crippen molar-refractivity contribution in [3.63, 3.8) is 0 Å². The SMILES string of the molecule is C=Cc1ccc(S(=O)(=O)N(CCCSOC)CCC[Si](OC)(OC)OC)cc1. The minimum absolute atomic E-state index is 0.270. The third-order valence-electron chi connectivity index (χ3n) is 4.33. The fourth-order valence-electron chi connectivity index (χ4n) is 2.69. The van der Waals surface area contributed by atoms with Gasteiger partial charge in [-0.2, -0.15) is 4.31 Å². The molecule has 0 fully saturated rings. The first-order chi connectivity index (χ1) is 13.4. The third kappa shape index (κ3) is 7.27. The molecule has 0 saturated heterocycles. The molecular weight excluding hydrogens is 418 g/mol. The smallest absolute Gasteiger partial charge is 0.377 e. The van der Waals surface area contributed by atoms with Gasteiger partial charge in [-0.1, -0.05) is 24.8 Å². The first-order valence-electron chi connectivity index (χ1n) is 8.93. The van der Waals surface area contributed by atoms with Crippen LogP contribution in [0, 0.1) is 0 Å². The monoisotopic (exact) mass is 449 g/mol. The standard InChI is InChI=1S/C18H31NO6S2Si/c1-6-17-9-11-18(12-10-17)27(20,21)19(13-7-15-26-22-2)14-8-16-28(23-3,24-4)25-5/h6,9-12H,1,7-8,13-16H2,2-5H3. The summed E-state index contributed by atoms with van der Waals surface area (Å²) in [6.07, 6.45) is 2.94. The Morgan fingerprint density at radius 3 is 2.11 bits per heavy atom. The van der Waals surface area contributed by atoms with Crippen LogP contribution in [0.25, 0.3) is 6.08 Å². The molecule has 0 aliphatic heterocycles. The van der Waals surface area contributed by atoms with E-state index in [0.717, 1.165) is 5.56 Å². The van der Waals surface area contributed by atoms with E-state index in [1.165, 1.54) is 16.3 Å². The summed E-state index contributed by atoms with van der Waals surface area (Å²) < 4.78 is 49.0. The van der Waals surface area contributed by atoms with Crippen molar-refractivity contribution < 1.29 is 25.9 Å². The van der Waals surface area contributed by atoms with Gasteiger partial charge in [-0.05, 0) is 42.6 Å². The van der Waals surface area contributed by atoms with Gasteiger partial charge in [0.15, 0.2) is 0 Å². The number of nitrogens with zero attached hydrogens (tertiary/aromatic N) is 1. The van der Waals surface area contributed by atoms with Crippen molar-refractivity contribution >= 4 is 36.9 Å². The predicted molar refractivity (Wildman–Crippen MR) is 116 cm³/mol. The number of hydrogen-bond acceptors (Lipinski definition) is 7. The van der Waals surface area contributed by atoms with Crippen LogP contribution in [-0.4, -0.2) is 68.8 Å². The van der Waals surface area contributed by atoms with Crippen LogP contribution in [0.3, 0.4) is 0 Å². The van der Waals surface area contributed by atoms with Gasteiger partial charge in [0, 0.05) is 46.2 Å². The van der Waals surface area contributed by atoms with E-state index in [2.05, 4.69) is 6.58 Å². The van der Waals surface area contributed by atoms with Gasteiger partial charge >= 0.3 is 8.80 Å². The molecule has 0 atom stereocenters. The average molecular weight is 450 g/mol. The molecule has 1 aromatic carbocycles. The van der Waals surface area contributed by atoms with Gasteiger partial charge in [0.05, 0.1) is 12.0 Å². The van der Waals surface area contributed by atoms with Crippen molar-refractivity contribution in [3.05, 3.63) is 36.4 Å². The van der Waals surface area contributed by atoms with E-state index in [1.54, 1.807) is 58.8 Å². The Labute approximate surface area is 174 Å². The quantitative estimate of drug-likeness (QED) is 0.231. The van der Waals surface area contributed by atoms with Crippen molar-refractivity contribution in [2.75, 3.05) is 47.3 Å². The van der Waals surface area contributed by atoms with Gasteiger partial charge in [-0.25, -0.2) is 8.42 Å². The van der Waals surface area contributed by atoms with Gasteiger partial charge < -0.3 is 17.5 Å². The van der Waals surface area contributed by atoms with E-state index in [1.807, 2.05) is 0 Å². The van der Waals surface area contributed by atoms with Crippen molar-refractivity contribution in [2.45, 2.75) is 23.8 Å². The minimum atomic E-state index is -3.61. The van der Waals surface area contributed by atoms with E-state index in [-0.39, 0.29) is 4.90 Å². The van der Waals surface area contributed by atoms with Gasteiger partial charge in [-0.3, -0.25) is 0 Å². The van der Waals surface area contributed by atoms with Gasteiger partial charge in [0.25, 0.3) is 0 Å². The Hall–Kier alpha value is -0.723. The fraction of sp³-hybridized carbons (Fsp3) is 0.556. The molecule has 0 spiro atoms. The van der Waals surface area contributed by atoms with Gasteiger partial charge in [0.1, 0.15) is 0 Å². The molecule has 0 aliphatic carbocycles. The summed E-state index contributed by atoms with van der Waals surface area (Å²) in [5, 5.41) is 0. The average Bonchev–Trinajstić information content (AvgIpc) is 2.73. The molecule has 0 bridgehead atoms. The second-order valence-corrected chi connectivity index (χ2v) is 11.9. The number of benzene rings is 1. The molecule has 0 heterocycles. The van der Waals surface area contributed by atoms with Gasteiger partial charge in [-0.15, -0.1) is 0 Å². The van der Waals surface area contributed by atoms with Crippen molar-refractivity contribution in [1.29, 1.82) is 0 Å². The Morgan fingerprint density at radius 2 is 1.61 bits per heavy atom. The van der Waals surface area contributed by atoms with Crippen LogP contribution in [0.5, 0.6) is 0 Å². The highest BCUT2D eigenvalue weighted by Crippen LogP contribution is 2.21. The highest BCUT2D eigenvalue weighted by atomic mass is 32.2. The number of hydrogen-bond donors (Lipinski definition) is 0. The van der Waals surface area contributed by atoms with E-state index < -0.39 is 18.8 Å². The van der Waals surface area contributed by atoms with Crippen molar-refractivity contribution in [2.24, 2.45) is 0 Å². The molecule has 10 heteroatoms. The van der Waals surface area contributed by atoms with Crippen LogP contribution in [-0.2, 0) is 27.5 Å². The maximum atomic E-state index is 13.1. The first-order valence-corrected chi connectivity index (χ1v) is 13.2. The molecule has 0 amide bonds. The molecule has 7 nitrogen and oxygen atoms in total. The van der Waals surface area contributed by atoms with Crippen LogP contribution >= 0.6 is 12.0 Å². The topological polar surface area (TPSA) is 74.3 Å². The normalized spacial score (nSPS) is 12.5. The second-order valence-electron chi connectivity index (χ2n) is 5.92. The summed E-state index contributed by atoms with van der Waals surface area (Å²) in [6, 6.07) is 7.25. The van der Waals surface area contributed by atoms with Crippen molar-refractivity contribution in [1.82, 2.24) is 4.31 Å². The summed E-state index contributed by atoms with van der Waals surface area (Å²) in [7, 11) is -0.0855. The van der Waals surface area contributed by atoms with Crippen LogP contribution < -0.4 is 0 Å². The van der Waals surface area contributed by atoms with Crippen LogP contribution in [0.15, 0.2) is 35.7 Å². The van der Waals surface area contributed by atoms with E-state index in [0.29, 0.717) is 37.7 Å². The predicted octanol–water partition coefficient (Wildman–Crippen LogP) is 3.27. The lowest BCUT2D eigenvalue weighted by Crippen LogP contribution is -2.43. The molecule has 0 unspecified atom stereocenters. The Morgan fingerprint density at radius 1 is 1.04 bits per heavy atom. The number of rotatable bonds is 15. The van der Waals surface area contributed by atoms with E-state index >= 15 is 0 Å². The Balaban J connectivity index is 2.91. The highest BCUT2D eigenvalue weighted by Gasteiger charge is 2.37.